The van der Waals surface area contributed by atoms with E-state index in [0.717, 1.165) is 12.7 Å². The van der Waals surface area contributed by atoms with Gasteiger partial charge in [0.2, 0.25) is 10.0 Å². The highest BCUT2D eigenvalue weighted by atomic mass is 32.2. The van der Waals surface area contributed by atoms with Gasteiger partial charge in [-0.25, -0.2) is 18.0 Å². The molecular formula is C11H19N3O5S. The fourth-order valence-electron chi connectivity index (χ4n) is 2.43. The maximum atomic E-state index is 12.1. The molecule has 20 heavy (non-hydrogen) atoms. The van der Waals surface area contributed by atoms with Gasteiger partial charge in [0, 0.05) is 26.2 Å². The first-order chi connectivity index (χ1) is 9.24. The first-order valence-electron chi connectivity index (χ1n) is 6.50. The summed E-state index contributed by atoms with van der Waals surface area (Å²) in [7, 11) is -3.24. The molecule has 2 aliphatic rings. The van der Waals surface area contributed by atoms with Crippen LogP contribution in [0.4, 0.5) is 4.79 Å². The van der Waals surface area contributed by atoms with Crippen LogP contribution in [0.15, 0.2) is 0 Å². The summed E-state index contributed by atoms with van der Waals surface area (Å²) in [6, 6.07) is -0.430. The molecule has 2 fully saturated rings. The van der Waals surface area contributed by atoms with E-state index in [2.05, 4.69) is 5.32 Å². The number of rotatable bonds is 3. The van der Waals surface area contributed by atoms with E-state index in [1.807, 2.05) is 0 Å². The zero-order chi connectivity index (χ0) is 15.0. The number of urea groups is 1. The van der Waals surface area contributed by atoms with E-state index in [-0.39, 0.29) is 26.2 Å². The van der Waals surface area contributed by atoms with Crippen molar-refractivity contribution in [3.05, 3.63) is 0 Å². The number of hydrogen-bond acceptors (Lipinski definition) is 4. The second-order valence-electron chi connectivity index (χ2n) is 5.32. The molecule has 2 N–H and O–H groups in total. The van der Waals surface area contributed by atoms with E-state index < -0.39 is 27.6 Å². The smallest absolute Gasteiger partial charge is 0.329 e. The number of carbonyl (C=O) groups is 2. The van der Waals surface area contributed by atoms with Crippen LogP contribution in [0.5, 0.6) is 0 Å². The Morgan fingerprint density at radius 3 is 2.05 bits per heavy atom. The van der Waals surface area contributed by atoms with Gasteiger partial charge in [0.25, 0.3) is 0 Å². The summed E-state index contributed by atoms with van der Waals surface area (Å²) in [6.07, 6.45) is 2.81. The average Bonchev–Trinajstić information content (AvgIpc) is 2.32. The number of hydrogen-bond donors (Lipinski definition) is 2. The summed E-state index contributed by atoms with van der Waals surface area (Å²) in [6.45, 7) is 1.03. The van der Waals surface area contributed by atoms with Gasteiger partial charge in [-0.2, -0.15) is 4.31 Å². The molecular weight excluding hydrogens is 286 g/mol. The number of aliphatic carboxylic acids is 1. The van der Waals surface area contributed by atoms with Gasteiger partial charge in [-0.15, -0.1) is 0 Å². The zero-order valence-corrected chi connectivity index (χ0v) is 12.1. The number of carboxylic acid groups (broad SMARTS) is 1. The molecule has 0 atom stereocenters. The summed E-state index contributed by atoms with van der Waals surface area (Å²) >= 11 is 0. The molecule has 2 amide bonds. The molecule has 8 nitrogen and oxygen atoms in total. The fraction of sp³-hybridized carbons (Fsp3) is 0.818. The number of nitrogens with zero attached hydrogens (tertiary/aromatic N) is 2. The lowest BCUT2D eigenvalue weighted by Crippen LogP contribution is -2.63. The Hall–Kier alpha value is -1.35. The summed E-state index contributed by atoms with van der Waals surface area (Å²) in [4.78, 5) is 24.7. The summed E-state index contributed by atoms with van der Waals surface area (Å²) in [5.74, 6) is -1.01. The van der Waals surface area contributed by atoms with Crippen molar-refractivity contribution < 1.29 is 23.1 Å². The van der Waals surface area contributed by atoms with Crippen LogP contribution in [0, 0.1) is 0 Å². The Bertz CT molecular complexity index is 506. The van der Waals surface area contributed by atoms with E-state index in [9.17, 15) is 18.0 Å². The van der Waals surface area contributed by atoms with E-state index in [0.29, 0.717) is 12.8 Å². The molecule has 0 aromatic heterocycles. The third kappa shape index (κ3) is 2.88. The van der Waals surface area contributed by atoms with E-state index >= 15 is 0 Å². The number of carbonyl (C=O) groups excluding carboxylic acids is 1. The third-order valence-corrected chi connectivity index (χ3v) is 5.26. The molecule has 1 saturated carbocycles. The Morgan fingerprint density at radius 1 is 1.15 bits per heavy atom. The van der Waals surface area contributed by atoms with Crippen molar-refractivity contribution in [1.82, 2.24) is 14.5 Å². The molecule has 1 aliphatic carbocycles. The highest BCUT2D eigenvalue weighted by molar-refractivity contribution is 7.88. The van der Waals surface area contributed by atoms with Gasteiger partial charge in [-0.3, -0.25) is 0 Å². The number of amides is 2. The highest BCUT2D eigenvalue weighted by Gasteiger charge is 2.46. The third-order valence-electron chi connectivity index (χ3n) is 3.96. The average molecular weight is 305 g/mol. The minimum Gasteiger partial charge on any atom is -0.480 e. The largest absolute Gasteiger partial charge is 0.480 e. The van der Waals surface area contributed by atoms with Crippen LogP contribution in [-0.2, 0) is 14.8 Å². The Morgan fingerprint density at radius 2 is 1.70 bits per heavy atom. The lowest BCUT2D eigenvalue weighted by Gasteiger charge is -2.41. The molecule has 0 aromatic rings. The molecule has 0 spiro atoms. The lowest BCUT2D eigenvalue weighted by molar-refractivity contribution is -0.148. The van der Waals surface area contributed by atoms with Crippen molar-refractivity contribution in [2.45, 2.75) is 24.8 Å². The van der Waals surface area contributed by atoms with Crippen LogP contribution in [0.3, 0.4) is 0 Å². The molecule has 9 heteroatoms. The van der Waals surface area contributed by atoms with Gasteiger partial charge >= 0.3 is 12.0 Å². The van der Waals surface area contributed by atoms with Gasteiger partial charge in [0.05, 0.1) is 6.26 Å². The molecule has 0 aromatic carbocycles. The van der Waals surface area contributed by atoms with Crippen LogP contribution in [-0.4, -0.2) is 72.7 Å². The zero-order valence-electron chi connectivity index (χ0n) is 11.3. The Kier molecular flexibility index (Phi) is 3.92. The molecule has 0 bridgehead atoms. The van der Waals surface area contributed by atoms with Crippen molar-refractivity contribution in [2.24, 2.45) is 0 Å². The van der Waals surface area contributed by atoms with Gasteiger partial charge in [0.15, 0.2) is 0 Å². The van der Waals surface area contributed by atoms with Gasteiger partial charge in [-0.1, -0.05) is 0 Å². The van der Waals surface area contributed by atoms with Gasteiger partial charge in [0.1, 0.15) is 5.54 Å². The molecule has 2 rings (SSSR count). The minimum absolute atomic E-state index is 0.242. The number of sulfonamides is 1. The van der Waals surface area contributed by atoms with E-state index in [1.54, 1.807) is 0 Å². The number of nitrogens with one attached hydrogen (secondary N) is 1. The van der Waals surface area contributed by atoms with Gasteiger partial charge in [-0.05, 0) is 19.3 Å². The molecule has 114 valence electrons. The monoisotopic (exact) mass is 305 g/mol. The predicted molar refractivity (Wildman–Crippen MR) is 70.7 cm³/mol. The molecule has 1 heterocycles. The maximum absolute atomic E-state index is 12.1. The highest BCUT2D eigenvalue weighted by Crippen LogP contribution is 2.32. The fourth-order valence-corrected chi connectivity index (χ4v) is 3.26. The van der Waals surface area contributed by atoms with E-state index in [4.69, 9.17) is 5.11 Å². The van der Waals surface area contributed by atoms with Gasteiger partial charge < -0.3 is 15.3 Å². The lowest BCUT2D eigenvalue weighted by atomic mass is 9.77. The first kappa shape index (κ1) is 15.0. The topological polar surface area (TPSA) is 107 Å². The standard InChI is InChI=1S/C11H19N3O5S/c1-20(18,19)14-7-5-13(6-8-14)10(17)12-11(9(15)16)3-2-4-11/h2-8H2,1H3,(H,12,17)(H,15,16). The summed E-state index contributed by atoms with van der Waals surface area (Å²) < 4.78 is 24.0. The van der Waals surface area contributed by atoms with Crippen LogP contribution in [0.1, 0.15) is 19.3 Å². The first-order valence-corrected chi connectivity index (χ1v) is 8.35. The van der Waals surface area contributed by atoms with Crippen molar-refractivity contribution in [3.8, 4) is 0 Å². The molecule has 0 radical (unpaired) electrons. The molecule has 0 unspecified atom stereocenters. The van der Waals surface area contributed by atoms with Crippen molar-refractivity contribution in [2.75, 3.05) is 32.4 Å². The maximum Gasteiger partial charge on any atom is 0.329 e. The predicted octanol–water partition coefficient (Wildman–Crippen LogP) is -0.719. The van der Waals surface area contributed by atoms with Crippen LogP contribution >= 0.6 is 0 Å². The summed E-state index contributed by atoms with van der Waals surface area (Å²) in [5, 5.41) is 11.7. The SMILES string of the molecule is CS(=O)(=O)N1CCN(C(=O)NC2(C(=O)O)CCC2)CC1. The quantitative estimate of drug-likeness (QED) is 0.715. The minimum atomic E-state index is -3.24. The molecule has 1 aliphatic heterocycles. The summed E-state index contributed by atoms with van der Waals surface area (Å²) in [5.41, 5.74) is -1.13. The second-order valence-corrected chi connectivity index (χ2v) is 7.30. The van der Waals surface area contributed by atoms with Crippen LogP contribution in [0.25, 0.3) is 0 Å². The second kappa shape index (κ2) is 5.21. The Balaban J connectivity index is 1.91. The van der Waals surface area contributed by atoms with Crippen molar-refractivity contribution in [1.29, 1.82) is 0 Å². The molecule has 1 saturated heterocycles. The van der Waals surface area contributed by atoms with Crippen LogP contribution < -0.4 is 5.32 Å². The van der Waals surface area contributed by atoms with Crippen LogP contribution in [0.2, 0.25) is 0 Å². The van der Waals surface area contributed by atoms with E-state index in [1.165, 1.54) is 9.21 Å². The Labute approximate surface area is 117 Å². The number of piperazine rings is 1. The van der Waals surface area contributed by atoms with Crippen molar-refractivity contribution in [3.63, 3.8) is 0 Å². The van der Waals surface area contributed by atoms with Crippen molar-refractivity contribution >= 4 is 22.0 Å². The normalized spacial score (nSPS) is 22.9. The number of carboxylic acids is 1.